The fourth-order valence-corrected chi connectivity index (χ4v) is 3.15. The number of hydrogen-bond acceptors (Lipinski definition) is 4. The first-order valence-electron chi connectivity index (χ1n) is 8.67. The zero-order valence-corrected chi connectivity index (χ0v) is 14.4. The molecule has 1 aliphatic heterocycles. The number of rotatable bonds is 6. The molecule has 0 bridgehead atoms. The Balaban J connectivity index is 1.51. The fourth-order valence-electron chi connectivity index (χ4n) is 3.15. The van der Waals surface area contributed by atoms with E-state index in [1.54, 1.807) is 13.0 Å². The molecule has 0 spiro atoms. The summed E-state index contributed by atoms with van der Waals surface area (Å²) in [5, 5.41) is 6.59. The third kappa shape index (κ3) is 4.03. The number of aromatic nitrogens is 2. The summed E-state index contributed by atoms with van der Waals surface area (Å²) in [4.78, 5) is 13.9. The summed E-state index contributed by atoms with van der Waals surface area (Å²) < 4.78 is 5.83. The van der Waals surface area contributed by atoms with Gasteiger partial charge in [-0.2, -0.15) is 5.10 Å². The fraction of sp³-hybridized carbons (Fsp3) is 0.474. The van der Waals surface area contributed by atoms with Gasteiger partial charge in [0, 0.05) is 23.7 Å². The van der Waals surface area contributed by atoms with Crippen molar-refractivity contribution in [1.82, 2.24) is 15.1 Å². The number of nitrogens with zero attached hydrogens (tertiary/aromatic N) is 2. The Kier molecular flexibility index (Phi) is 5.30. The number of likely N-dealkylation sites (tertiary alicyclic amines) is 1. The normalized spacial score (nSPS) is 18.0. The van der Waals surface area contributed by atoms with Gasteiger partial charge < -0.3 is 9.64 Å². The van der Waals surface area contributed by atoms with Crippen LogP contribution in [0.3, 0.4) is 0 Å². The van der Waals surface area contributed by atoms with Gasteiger partial charge in [0.05, 0.1) is 12.3 Å². The monoisotopic (exact) mass is 327 g/mol. The summed E-state index contributed by atoms with van der Waals surface area (Å²) in [6.45, 7) is 7.15. The predicted octanol–water partition coefficient (Wildman–Crippen LogP) is 3.00. The Labute approximate surface area is 142 Å². The number of hydrogen-bond donors (Lipinski definition) is 1. The standard InChI is InChI=1S/C19H25N3O2/c1-14-13-18(20-21-19(14)23)16-6-8-17(9-7-16)24-12-4-11-22-10-3-5-15(22)2/h6-9,13,15H,3-5,10-12H2,1-2H3,(H,21,23). The van der Waals surface area contributed by atoms with Gasteiger partial charge in [-0.1, -0.05) is 0 Å². The summed E-state index contributed by atoms with van der Waals surface area (Å²) in [5.74, 6) is 0.870. The van der Waals surface area contributed by atoms with Gasteiger partial charge in [-0.25, -0.2) is 5.10 Å². The van der Waals surface area contributed by atoms with Gasteiger partial charge in [0.25, 0.3) is 5.56 Å². The minimum Gasteiger partial charge on any atom is -0.494 e. The molecule has 2 aromatic rings. The van der Waals surface area contributed by atoms with Crippen LogP contribution in [0.1, 0.15) is 31.7 Å². The first kappa shape index (κ1) is 16.7. The Hall–Kier alpha value is -2.14. The lowest BCUT2D eigenvalue weighted by molar-refractivity contribution is 0.230. The highest BCUT2D eigenvalue weighted by Gasteiger charge is 2.18. The lowest BCUT2D eigenvalue weighted by Gasteiger charge is -2.20. The largest absolute Gasteiger partial charge is 0.494 e. The molecule has 1 N–H and O–H groups in total. The van der Waals surface area contributed by atoms with Crippen LogP contribution in [0, 0.1) is 6.92 Å². The van der Waals surface area contributed by atoms with Gasteiger partial charge in [-0.3, -0.25) is 4.79 Å². The van der Waals surface area contributed by atoms with E-state index in [0.717, 1.165) is 42.6 Å². The number of ether oxygens (including phenoxy) is 1. The molecule has 1 unspecified atom stereocenters. The molecule has 128 valence electrons. The van der Waals surface area contributed by atoms with Crippen LogP contribution in [0.25, 0.3) is 11.3 Å². The second-order valence-electron chi connectivity index (χ2n) is 6.52. The van der Waals surface area contributed by atoms with E-state index in [1.165, 1.54) is 19.4 Å². The Morgan fingerprint density at radius 1 is 1.33 bits per heavy atom. The molecule has 0 aliphatic carbocycles. The topological polar surface area (TPSA) is 58.2 Å². The van der Waals surface area contributed by atoms with Crippen molar-refractivity contribution >= 4 is 0 Å². The SMILES string of the molecule is Cc1cc(-c2ccc(OCCCN3CCCC3C)cc2)n[nH]c1=O. The molecule has 1 aliphatic rings. The van der Waals surface area contributed by atoms with Crippen molar-refractivity contribution in [3.05, 3.63) is 46.2 Å². The van der Waals surface area contributed by atoms with Crippen LogP contribution in [0.15, 0.2) is 35.1 Å². The van der Waals surface area contributed by atoms with Crippen molar-refractivity contribution in [2.24, 2.45) is 0 Å². The molecule has 1 aromatic heterocycles. The molecule has 3 rings (SSSR count). The third-order valence-corrected chi connectivity index (χ3v) is 4.69. The molecule has 0 amide bonds. The van der Waals surface area contributed by atoms with Crippen LogP contribution in [0.2, 0.25) is 0 Å². The minimum atomic E-state index is -0.147. The first-order valence-corrected chi connectivity index (χ1v) is 8.67. The lowest BCUT2D eigenvalue weighted by atomic mass is 10.1. The maximum Gasteiger partial charge on any atom is 0.267 e. The molecule has 24 heavy (non-hydrogen) atoms. The van der Waals surface area contributed by atoms with E-state index in [0.29, 0.717) is 5.56 Å². The number of nitrogens with one attached hydrogen (secondary N) is 1. The van der Waals surface area contributed by atoms with Gasteiger partial charge >= 0.3 is 0 Å². The molecule has 1 saturated heterocycles. The first-order chi connectivity index (χ1) is 11.6. The van der Waals surface area contributed by atoms with Crippen LogP contribution in [-0.4, -0.2) is 40.8 Å². The molecule has 2 heterocycles. The molecule has 1 aromatic carbocycles. The molecule has 0 radical (unpaired) electrons. The predicted molar refractivity (Wildman–Crippen MR) is 95.4 cm³/mol. The van der Waals surface area contributed by atoms with Crippen molar-refractivity contribution in [3.63, 3.8) is 0 Å². The zero-order chi connectivity index (χ0) is 16.9. The van der Waals surface area contributed by atoms with Crippen molar-refractivity contribution in [1.29, 1.82) is 0 Å². The maximum atomic E-state index is 11.4. The minimum absolute atomic E-state index is 0.147. The average Bonchev–Trinajstić information content (AvgIpc) is 3.00. The smallest absolute Gasteiger partial charge is 0.267 e. The summed E-state index contributed by atoms with van der Waals surface area (Å²) in [6, 6.07) is 10.4. The summed E-state index contributed by atoms with van der Waals surface area (Å²) >= 11 is 0. The van der Waals surface area contributed by atoms with Gasteiger partial charge in [0.2, 0.25) is 0 Å². The molecule has 5 nitrogen and oxygen atoms in total. The number of H-pyrrole nitrogens is 1. The second-order valence-corrected chi connectivity index (χ2v) is 6.52. The highest BCUT2D eigenvalue weighted by molar-refractivity contribution is 5.59. The van der Waals surface area contributed by atoms with Crippen LogP contribution in [0.4, 0.5) is 0 Å². The van der Waals surface area contributed by atoms with Gasteiger partial charge in [0.15, 0.2) is 0 Å². The molecular weight excluding hydrogens is 302 g/mol. The highest BCUT2D eigenvalue weighted by Crippen LogP contribution is 2.21. The summed E-state index contributed by atoms with van der Waals surface area (Å²) in [7, 11) is 0. The third-order valence-electron chi connectivity index (χ3n) is 4.69. The van der Waals surface area contributed by atoms with Crippen molar-refractivity contribution in [2.75, 3.05) is 19.7 Å². The maximum absolute atomic E-state index is 11.4. The van der Waals surface area contributed by atoms with Crippen molar-refractivity contribution in [3.8, 4) is 17.0 Å². The molecule has 5 heteroatoms. The number of benzene rings is 1. The van der Waals surface area contributed by atoms with Crippen LogP contribution < -0.4 is 10.3 Å². The zero-order valence-electron chi connectivity index (χ0n) is 14.4. The van der Waals surface area contributed by atoms with Crippen molar-refractivity contribution < 1.29 is 4.74 Å². The quantitative estimate of drug-likeness (QED) is 0.829. The van der Waals surface area contributed by atoms with Gasteiger partial charge in [-0.05, 0) is 70.0 Å². The van der Waals surface area contributed by atoms with Crippen LogP contribution in [0.5, 0.6) is 5.75 Å². The Morgan fingerprint density at radius 3 is 2.79 bits per heavy atom. The molecular formula is C19H25N3O2. The van der Waals surface area contributed by atoms with E-state index in [9.17, 15) is 4.79 Å². The summed E-state index contributed by atoms with van der Waals surface area (Å²) in [5.41, 5.74) is 2.25. The van der Waals surface area contributed by atoms with E-state index in [1.807, 2.05) is 24.3 Å². The lowest BCUT2D eigenvalue weighted by Crippen LogP contribution is -2.28. The molecule has 1 fully saturated rings. The number of aryl methyl sites for hydroxylation is 1. The summed E-state index contributed by atoms with van der Waals surface area (Å²) in [6.07, 6.45) is 3.69. The van der Waals surface area contributed by atoms with Crippen LogP contribution >= 0.6 is 0 Å². The molecule has 1 atom stereocenters. The van der Waals surface area contributed by atoms with E-state index in [2.05, 4.69) is 22.0 Å². The van der Waals surface area contributed by atoms with E-state index in [-0.39, 0.29) is 5.56 Å². The second kappa shape index (κ2) is 7.62. The van der Waals surface area contributed by atoms with Crippen molar-refractivity contribution in [2.45, 2.75) is 39.2 Å². The van der Waals surface area contributed by atoms with Gasteiger partial charge in [0.1, 0.15) is 5.75 Å². The van der Waals surface area contributed by atoms with Crippen LogP contribution in [-0.2, 0) is 0 Å². The molecule has 0 saturated carbocycles. The van der Waals surface area contributed by atoms with E-state index in [4.69, 9.17) is 4.74 Å². The van der Waals surface area contributed by atoms with E-state index >= 15 is 0 Å². The van der Waals surface area contributed by atoms with Gasteiger partial charge in [-0.15, -0.1) is 0 Å². The Bertz CT molecular complexity index is 724. The Morgan fingerprint density at radius 2 is 2.12 bits per heavy atom. The number of aromatic amines is 1. The van der Waals surface area contributed by atoms with E-state index < -0.39 is 0 Å². The average molecular weight is 327 g/mol. The highest BCUT2D eigenvalue weighted by atomic mass is 16.5.